The van der Waals surface area contributed by atoms with Crippen molar-refractivity contribution in [3.05, 3.63) is 31.3 Å². The molecule has 2 aromatic rings. The molecule has 0 aliphatic carbocycles. The summed E-state index contributed by atoms with van der Waals surface area (Å²) >= 11 is 4.89. The lowest BCUT2D eigenvalue weighted by molar-refractivity contribution is 0.447. The second-order valence-electron chi connectivity index (χ2n) is 3.38. The Morgan fingerprint density at radius 2 is 2.19 bits per heavy atom. The van der Waals surface area contributed by atoms with Crippen molar-refractivity contribution in [2.24, 2.45) is 0 Å². The van der Waals surface area contributed by atoms with Crippen LogP contribution in [-0.2, 0) is 0 Å². The number of halogens is 1. The summed E-state index contributed by atoms with van der Waals surface area (Å²) in [6.07, 6.45) is 0. The second-order valence-corrected chi connectivity index (χ2v) is 5.49. The lowest BCUT2D eigenvalue weighted by Crippen LogP contribution is -2.11. The van der Waals surface area contributed by atoms with E-state index in [2.05, 4.69) is 25.9 Å². The predicted octanol–water partition coefficient (Wildman–Crippen LogP) is 2.58. The number of nitrogens with one attached hydrogen (secondary N) is 1. The summed E-state index contributed by atoms with van der Waals surface area (Å²) in [7, 11) is 0. The molecule has 0 spiro atoms. The molecule has 4 nitrogen and oxygen atoms in total. The maximum atomic E-state index is 11.5. The first kappa shape index (κ1) is 11.3. The van der Waals surface area contributed by atoms with E-state index in [0.717, 1.165) is 14.2 Å². The van der Waals surface area contributed by atoms with Crippen molar-refractivity contribution >= 4 is 27.3 Å². The highest BCUT2D eigenvalue weighted by atomic mass is 79.9. The molecule has 0 saturated heterocycles. The Balaban J connectivity index is 2.61. The number of aromatic amines is 1. The first-order valence-electron chi connectivity index (χ1n) is 4.55. The number of aromatic nitrogens is 2. The normalized spacial score (nSPS) is 10.7. The minimum absolute atomic E-state index is 0.221. The van der Waals surface area contributed by atoms with E-state index in [1.54, 1.807) is 0 Å². The van der Waals surface area contributed by atoms with Gasteiger partial charge in [0.05, 0.1) is 10.4 Å². The van der Waals surface area contributed by atoms with Crippen molar-refractivity contribution in [3.63, 3.8) is 0 Å². The lowest BCUT2D eigenvalue weighted by Gasteiger charge is -1.99. The SMILES string of the molecule is Cc1sc(-c2nc(O)c(C)c(=O)[nH]2)cc1Br. The van der Waals surface area contributed by atoms with Gasteiger partial charge in [-0.25, -0.2) is 0 Å². The van der Waals surface area contributed by atoms with Crippen LogP contribution in [0.3, 0.4) is 0 Å². The Morgan fingerprint density at radius 1 is 1.50 bits per heavy atom. The van der Waals surface area contributed by atoms with Crippen molar-refractivity contribution in [3.8, 4) is 16.6 Å². The van der Waals surface area contributed by atoms with Gasteiger partial charge in [0.1, 0.15) is 0 Å². The quantitative estimate of drug-likeness (QED) is 0.851. The summed E-state index contributed by atoms with van der Waals surface area (Å²) in [5, 5.41) is 9.48. The molecular weight excluding hydrogens is 292 g/mol. The Bertz CT molecular complexity index is 584. The molecule has 0 amide bonds. The summed E-state index contributed by atoms with van der Waals surface area (Å²) < 4.78 is 0.968. The zero-order valence-corrected chi connectivity index (χ0v) is 11.1. The van der Waals surface area contributed by atoms with Crippen LogP contribution in [0.4, 0.5) is 0 Å². The average Bonchev–Trinajstić information content (AvgIpc) is 2.55. The largest absolute Gasteiger partial charge is 0.493 e. The maximum absolute atomic E-state index is 11.5. The van der Waals surface area contributed by atoms with Gasteiger partial charge in [0.25, 0.3) is 5.56 Å². The van der Waals surface area contributed by atoms with E-state index >= 15 is 0 Å². The van der Waals surface area contributed by atoms with Gasteiger partial charge in [0.2, 0.25) is 5.88 Å². The molecule has 84 valence electrons. The van der Waals surface area contributed by atoms with Gasteiger partial charge in [0, 0.05) is 9.35 Å². The van der Waals surface area contributed by atoms with Crippen LogP contribution in [0, 0.1) is 13.8 Å². The second kappa shape index (κ2) is 4.03. The van der Waals surface area contributed by atoms with E-state index in [1.165, 1.54) is 18.3 Å². The summed E-state index contributed by atoms with van der Waals surface area (Å²) in [6, 6.07) is 1.87. The van der Waals surface area contributed by atoms with Crippen LogP contribution >= 0.6 is 27.3 Å². The van der Waals surface area contributed by atoms with E-state index in [4.69, 9.17) is 0 Å². The lowest BCUT2D eigenvalue weighted by atomic mass is 10.3. The molecule has 2 rings (SSSR count). The summed E-state index contributed by atoms with van der Waals surface area (Å²) in [4.78, 5) is 20.0. The van der Waals surface area contributed by atoms with Crippen LogP contribution in [0.25, 0.3) is 10.7 Å². The zero-order chi connectivity index (χ0) is 11.9. The number of hydrogen-bond acceptors (Lipinski definition) is 4. The minimum Gasteiger partial charge on any atom is -0.493 e. The Hall–Kier alpha value is -1.14. The van der Waals surface area contributed by atoms with Crippen molar-refractivity contribution in [2.75, 3.05) is 0 Å². The van der Waals surface area contributed by atoms with Crippen molar-refractivity contribution in [1.29, 1.82) is 0 Å². The average molecular weight is 301 g/mol. The Kier molecular flexibility index (Phi) is 2.86. The molecule has 2 heterocycles. The van der Waals surface area contributed by atoms with Gasteiger partial charge in [-0.15, -0.1) is 11.3 Å². The van der Waals surface area contributed by atoms with E-state index in [0.29, 0.717) is 5.82 Å². The van der Waals surface area contributed by atoms with Crippen LogP contribution in [0.1, 0.15) is 10.4 Å². The van der Waals surface area contributed by atoms with Crippen molar-refractivity contribution < 1.29 is 5.11 Å². The van der Waals surface area contributed by atoms with Gasteiger partial charge in [-0.05, 0) is 35.8 Å². The van der Waals surface area contributed by atoms with Crippen LogP contribution < -0.4 is 5.56 Å². The van der Waals surface area contributed by atoms with E-state index in [9.17, 15) is 9.90 Å². The monoisotopic (exact) mass is 300 g/mol. The highest BCUT2D eigenvalue weighted by Gasteiger charge is 2.11. The van der Waals surface area contributed by atoms with E-state index < -0.39 is 0 Å². The topological polar surface area (TPSA) is 66.0 Å². The molecule has 0 aliphatic heterocycles. The van der Waals surface area contributed by atoms with Crippen molar-refractivity contribution in [2.45, 2.75) is 13.8 Å². The van der Waals surface area contributed by atoms with Gasteiger partial charge in [0.15, 0.2) is 5.82 Å². The van der Waals surface area contributed by atoms with E-state index in [1.807, 2.05) is 13.0 Å². The molecule has 0 radical (unpaired) electrons. The zero-order valence-electron chi connectivity index (χ0n) is 8.67. The molecular formula is C10H9BrN2O2S. The molecule has 0 saturated carbocycles. The molecule has 0 atom stereocenters. The third-order valence-corrected chi connectivity index (χ3v) is 4.36. The Morgan fingerprint density at radius 3 is 2.69 bits per heavy atom. The molecule has 6 heteroatoms. The highest BCUT2D eigenvalue weighted by molar-refractivity contribution is 9.10. The molecule has 2 aromatic heterocycles. The Labute approximate surface area is 104 Å². The number of rotatable bonds is 1. The fraction of sp³-hybridized carbons (Fsp3) is 0.200. The molecule has 0 fully saturated rings. The first-order chi connectivity index (χ1) is 7.49. The van der Waals surface area contributed by atoms with Gasteiger partial charge in [-0.1, -0.05) is 0 Å². The summed E-state index contributed by atoms with van der Waals surface area (Å²) in [5.41, 5.74) is -0.0826. The molecule has 0 unspecified atom stereocenters. The maximum Gasteiger partial charge on any atom is 0.257 e. The smallest absolute Gasteiger partial charge is 0.257 e. The third-order valence-electron chi connectivity index (χ3n) is 2.22. The first-order valence-corrected chi connectivity index (χ1v) is 6.16. The highest BCUT2D eigenvalue weighted by Crippen LogP contribution is 2.32. The number of thiophene rings is 1. The van der Waals surface area contributed by atoms with Crippen LogP contribution in [0.15, 0.2) is 15.3 Å². The molecule has 0 aliphatic rings. The van der Waals surface area contributed by atoms with Crippen LogP contribution in [0.2, 0.25) is 0 Å². The summed E-state index contributed by atoms with van der Waals surface area (Å²) in [5.74, 6) is 0.174. The van der Waals surface area contributed by atoms with E-state index in [-0.39, 0.29) is 17.0 Å². The number of H-pyrrole nitrogens is 1. The minimum atomic E-state index is -0.315. The molecule has 2 N–H and O–H groups in total. The van der Waals surface area contributed by atoms with Gasteiger partial charge < -0.3 is 10.1 Å². The van der Waals surface area contributed by atoms with Crippen molar-refractivity contribution in [1.82, 2.24) is 9.97 Å². The number of aromatic hydroxyl groups is 1. The van der Waals surface area contributed by atoms with Crippen LogP contribution in [0.5, 0.6) is 5.88 Å². The number of hydrogen-bond donors (Lipinski definition) is 2. The fourth-order valence-corrected chi connectivity index (χ4v) is 2.69. The summed E-state index contributed by atoms with van der Waals surface area (Å²) in [6.45, 7) is 3.49. The predicted molar refractivity (Wildman–Crippen MR) is 67.0 cm³/mol. The van der Waals surface area contributed by atoms with Gasteiger partial charge in [-0.2, -0.15) is 4.98 Å². The fourth-order valence-electron chi connectivity index (χ4n) is 1.21. The number of aryl methyl sites for hydroxylation is 1. The third kappa shape index (κ3) is 1.90. The molecule has 16 heavy (non-hydrogen) atoms. The van der Waals surface area contributed by atoms with Gasteiger partial charge >= 0.3 is 0 Å². The van der Waals surface area contributed by atoms with Crippen LogP contribution in [-0.4, -0.2) is 15.1 Å². The molecule has 0 bridgehead atoms. The number of nitrogens with zero attached hydrogens (tertiary/aromatic N) is 1. The standard InChI is InChI=1S/C10H9BrN2O2S/c1-4-9(14)12-8(13-10(4)15)7-3-6(11)5(2)16-7/h3H,1-2H3,(H2,12,13,14,15). The van der Waals surface area contributed by atoms with Gasteiger partial charge in [-0.3, -0.25) is 4.79 Å². The molecule has 0 aromatic carbocycles.